The maximum atomic E-state index is 10.5. The SMILES string of the molecule is Cc1cc(Br)c(C2(O)CCCCC2)s1. The van der Waals surface area contributed by atoms with Crippen LogP contribution in [0.25, 0.3) is 0 Å². The Labute approximate surface area is 97.3 Å². The van der Waals surface area contributed by atoms with Crippen molar-refractivity contribution in [1.29, 1.82) is 0 Å². The number of thiophene rings is 1. The fourth-order valence-corrected chi connectivity index (χ4v) is 4.32. The van der Waals surface area contributed by atoms with Crippen LogP contribution in [-0.4, -0.2) is 5.11 Å². The lowest BCUT2D eigenvalue weighted by Crippen LogP contribution is -2.27. The van der Waals surface area contributed by atoms with E-state index in [4.69, 9.17) is 0 Å². The van der Waals surface area contributed by atoms with Crippen LogP contribution in [0.1, 0.15) is 41.9 Å². The first-order chi connectivity index (χ1) is 6.62. The first kappa shape index (κ1) is 10.7. The van der Waals surface area contributed by atoms with Crippen molar-refractivity contribution in [2.75, 3.05) is 0 Å². The summed E-state index contributed by atoms with van der Waals surface area (Å²) in [5.41, 5.74) is -0.546. The lowest BCUT2D eigenvalue weighted by molar-refractivity contribution is 0.00223. The summed E-state index contributed by atoms with van der Waals surface area (Å²) in [5, 5.41) is 10.5. The van der Waals surface area contributed by atoms with Gasteiger partial charge in [-0.3, -0.25) is 0 Å². The third kappa shape index (κ3) is 1.90. The van der Waals surface area contributed by atoms with E-state index in [9.17, 15) is 5.11 Å². The van der Waals surface area contributed by atoms with Crippen molar-refractivity contribution in [2.45, 2.75) is 44.6 Å². The highest BCUT2D eigenvalue weighted by Crippen LogP contribution is 2.43. The lowest BCUT2D eigenvalue weighted by atomic mass is 9.84. The molecule has 0 spiro atoms. The number of aliphatic hydroxyl groups is 1. The van der Waals surface area contributed by atoms with Gasteiger partial charge in [0.15, 0.2) is 0 Å². The molecule has 1 heterocycles. The van der Waals surface area contributed by atoms with Crippen molar-refractivity contribution >= 4 is 27.3 Å². The molecular formula is C11H15BrOS. The van der Waals surface area contributed by atoms with Gasteiger partial charge in [0, 0.05) is 9.35 Å². The summed E-state index contributed by atoms with van der Waals surface area (Å²) in [5.74, 6) is 0. The van der Waals surface area contributed by atoms with Gasteiger partial charge in [0.25, 0.3) is 0 Å². The topological polar surface area (TPSA) is 20.2 Å². The third-order valence-electron chi connectivity index (χ3n) is 2.91. The van der Waals surface area contributed by atoms with Crippen LogP contribution in [0.15, 0.2) is 10.5 Å². The van der Waals surface area contributed by atoms with Gasteiger partial charge in [-0.1, -0.05) is 19.3 Å². The van der Waals surface area contributed by atoms with Gasteiger partial charge in [-0.05, 0) is 41.8 Å². The minimum absolute atomic E-state index is 0.546. The first-order valence-corrected chi connectivity index (χ1v) is 6.71. The third-order valence-corrected chi connectivity index (χ3v) is 5.05. The van der Waals surface area contributed by atoms with Crippen LogP contribution < -0.4 is 0 Å². The van der Waals surface area contributed by atoms with Crippen LogP contribution in [0.2, 0.25) is 0 Å². The van der Waals surface area contributed by atoms with Gasteiger partial charge in [-0.2, -0.15) is 0 Å². The molecule has 1 nitrogen and oxygen atoms in total. The van der Waals surface area contributed by atoms with Crippen LogP contribution in [0, 0.1) is 6.92 Å². The van der Waals surface area contributed by atoms with Crippen LogP contribution in [0.4, 0.5) is 0 Å². The van der Waals surface area contributed by atoms with E-state index in [-0.39, 0.29) is 0 Å². The number of aryl methyl sites for hydroxylation is 1. The molecule has 1 aliphatic rings. The number of hydrogen-bond donors (Lipinski definition) is 1. The predicted molar refractivity (Wildman–Crippen MR) is 63.7 cm³/mol. The molecule has 1 aromatic rings. The summed E-state index contributed by atoms with van der Waals surface area (Å²) in [6.45, 7) is 2.09. The average molecular weight is 275 g/mol. The smallest absolute Gasteiger partial charge is 0.0999 e. The van der Waals surface area contributed by atoms with E-state index in [2.05, 4.69) is 28.9 Å². The number of hydrogen-bond acceptors (Lipinski definition) is 2. The lowest BCUT2D eigenvalue weighted by Gasteiger charge is -2.31. The summed E-state index contributed by atoms with van der Waals surface area (Å²) in [4.78, 5) is 2.40. The Hall–Kier alpha value is 0.140. The Balaban J connectivity index is 2.32. The standard InChI is InChI=1S/C11H15BrOS/c1-8-7-9(12)10(14-8)11(13)5-3-2-4-6-11/h7,13H,2-6H2,1H3. The van der Waals surface area contributed by atoms with Gasteiger partial charge in [0.05, 0.1) is 10.5 Å². The molecule has 0 atom stereocenters. The summed E-state index contributed by atoms with van der Waals surface area (Å²) in [6.07, 6.45) is 5.42. The molecule has 1 saturated carbocycles. The monoisotopic (exact) mass is 274 g/mol. The summed E-state index contributed by atoms with van der Waals surface area (Å²) < 4.78 is 1.09. The molecule has 78 valence electrons. The van der Waals surface area contributed by atoms with Crippen LogP contribution in [-0.2, 0) is 5.60 Å². The fraction of sp³-hybridized carbons (Fsp3) is 0.636. The van der Waals surface area contributed by atoms with Crippen molar-refractivity contribution in [3.05, 3.63) is 20.3 Å². The summed E-state index contributed by atoms with van der Waals surface area (Å²) >= 11 is 5.26. The van der Waals surface area contributed by atoms with Crippen molar-refractivity contribution in [3.63, 3.8) is 0 Å². The molecule has 1 aromatic heterocycles. The fourth-order valence-electron chi connectivity index (χ4n) is 2.16. The summed E-state index contributed by atoms with van der Waals surface area (Å²) in [6, 6.07) is 2.10. The van der Waals surface area contributed by atoms with E-state index in [0.29, 0.717) is 0 Å². The van der Waals surface area contributed by atoms with Gasteiger partial charge in [-0.25, -0.2) is 0 Å². The van der Waals surface area contributed by atoms with E-state index in [1.807, 2.05) is 0 Å². The number of rotatable bonds is 1. The van der Waals surface area contributed by atoms with Crippen LogP contribution in [0.5, 0.6) is 0 Å². The Bertz CT molecular complexity index is 326. The van der Waals surface area contributed by atoms with Gasteiger partial charge in [0.2, 0.25) is 0 Å². The van der Waals surface area contributed by atoms with E-state index in [0.717, 1.165) is 35.0 Å². The molecule has 0 aromatic carbocycles. The Morgan fingerprint density at radius 3 is 2.50 bits per heavy atom. The zero-order valence-electron chi connectivity index (χ0n) is 8.35. The average Bonchev–Trinajstić information content (AvgIpc) is 2.47. The molecule has 0 unspecified atom stereocenters. The zero-order chi connectivity index (χ0) is 10.2. The second-order valence-corrected chi connectivity index (χ2v) is 6.24. The molecule has 2 rings (SSSR count). The molecule has 14 heavy (non-hydrogen) atoms. The van der Waals surface area contributed by atoms with Crippen molar-refractivity contribution in [1.82, 2.24) is 0 Å². The molecule has 0 radical (unpaired) electrons. The molecular weight excluding hydrogens is 260 g/mol. The van der Waals surface area contributed by atoms with Crippen molar-refractivity contribution < 1.29 is 5.11 Å². The van der Waals surface area contributed by atoms with E-state index in [1.165, 1.54) is 11.3 Å². The highest BCUT2D eigenvalue weighted by Gasteiger charge is 2.34. The van der Waals surface area contributed by atoms with Crippen molar-refractivity contribution in [3.8, 4) is 0 Å². The first-order valence-electron chi connectivity index (χ1n) is 5.11. The molecule has 3 heteroatoms. The molecule has 0 amide bonds. The van der Waals surface area contributed by atoms with E-state index in [1.54, 1.807) is 11.3 Å². The normalized spacial score (nSPS) is 21.1. The zero-order valence-corrected chi connectivity index (χ0v) is 10.7. The molecule has 0 saturated heterocycles. The second-order valence-electron chi connectivity index (χ2n) is 4.13. The summed E-state index contributed by atoms with van der Waals surface area (Å²) in [7, 11) is 0. The minimum atomic E-state index is -0.546. The maximum absolute atomic E-state index is 10.5. The maximum Gasteiger partial charge on any atom is 0.0999 e. The highest BCUT2D eigenvalue weighted by atomic mass is 79.9. The van der Waals surface area contributed by atoms with Crippen LogP contribution >= 0.6 is 27.3 Å². The van der Waals surface area contributed by atoms with E-state index >= 15 is 0 Å². The second kappa shape index (κ2) is 3.95. The Morgan fingerprint density at radius 1 is 1.36 bits per heavy atom. The highest BCUT2D eigenvalue weighted by molar-refractivity contribution is 9.10. The van der Waals surface area contributed by atoms with Gasteiger partial charge < -0.3 is 5.11 Å². The van der Waals surface area contributed by atoms with E-state index < -0.39 is 5.60 Å². The number of halogens is 1. The quantitative estimate of drug-likeness (QED) is 0.822. The molecule has 1 N–H and O–H groups in total. The Kier molecular flexibility index (Phi) is 3.01. The molecule has 1 fully saturated rings. The van der Waals surface area contributed by atoms with Crippen molar-refractivity contribution in [2.24, 2.45) is 0 Å². The van der Waals surface area contributed by atoms with Gasteiger partial charge >= 0.3 is 0 Å². The van der Waals surface area contributed by atoms with Crippen LogP contribution in [0.3, 0.4) is 0 Å². The molecule has 0 aliphatic heterocycles. The van der Waals surface area contributed by atoms with Gasteiger partial charge in [-0.15, -0.1) is 11.3 Å². The minimum Gasteiger partial charge on any atom is -0.384 e. The predicted octanol–water partition coefficient (Wildman–Crippen LogP) is 3.97. The Morgan fingerprint density at radius 2 is 2.00 bits per heavy atom. The largest absolute Gasteiger partial charge is 0.384 e. The van der Waals surface area contributed by atoms with Gasteiger partial charge in [0.1, 0.15) is 0 Å². The molecule has 0 bridgehead atoms. The molecule has 1 aliphatic carbocycles.